The largest absolute Gasteiger partial charge is 0.550 e. The predicted octanol–water partition coefficient (Wildman–Crippen LogP) is 0.309. The molecule has 0 aromatic heterocycles. The van der Waals surface area contributed by atoms with E-state index in [1.165, 1.54) is 14.2 Å². The van der Waals surface area contributed by atoms with Crippen molar-refractivity contribution < 1.29 is 28.5 Å². The van der Waals surface area contributed by atoms with E-state index in [9.17, 15) is 14.7 Å². The lowest BCUT2D eigenvalue weighted by Gasteiger charge is -2.22. The molecule has 100 valence electrons. The molecule has 0 aromatic carbocycles. The van der Waals surface area contributed by atoms with Crippen LogP contribution in [0.15, 0.2) is 0 Å². The van der Waals surface area contributed by atoms with Gasteiger partial charge in [0.2, 0.25) is 5.69 Å². The van der Waals surface area contributed by atoms with Gasteiger partial charge in [0.15, 0.2) is 0 Å². The minimum Gasteiger partial charge on any atom is -0.550 e. The molecule has 0 fully saturated rings. The molecule has 0 radical (unpaired) electrons. The molecular weight excluding hydrogens is 287 g/mol. The predicted molar refractivity (Wildman–Crippen MR) is 65.9 cm³/mol. The molecule has 0 bridgehead atoms. The highest BCUT2D eigenvalue weighted by Gasteiger charge is 2.29. The number of hydrogen-bond acceptors (Lipinski definition) is 8. The Hall–Kier alpha value is -0.140. The topological polar surface area (TPSA) is 84.9 Å². The SMILES string of the molecule is CCOC(=O)C(CC(=O)[O-])SP(=S)(OC)OC. The first-order chi connectivity index (χ1) is 7.88. The Morgan fingerprint density at radius 1 is 1.41 bits per heavy atom. The van der Waals surface area contributed by atoms with Gasteiger partial charge in [0.1, 0.15) is 5.25 Å². The summed E-state index contributed by atoms with van der Waals surface area (Å²) in [4.78, 5) is 22.1. The monoisotopic (exact) mass is 301 g/mol. The molecule has 0 aliphatic rings. The van der Waals surface area contributed by atoms with Gasteiger partial charge in [-0.3, -0.25) is 4.79 Å². The van der Waals surface area contributed by atoms with Gasteiger partial charge >= 0.3 is 5.97 Å². The summed E-state index contributed by atoms with van der Waals surface area (Å²) in [5.41, 5.74) is -2.71. The Morgan fingerprint density at radius 2 is 1.94 bits per heavy atom. The molecule has 6 nitrogen and oxygen atoms in total. The van der Waals surface area contributed by atoms with Crippen LogP contribution in [0.4, 0.5) is 0 Å². The van der Waals surface area contributed by atoms with E-state index in [4.69, 9.17) is 25.6 Å². The third-order valence-corrected chi connectivity index (χ3v) is 7.47. The number of ether oxygens (including phenoxy) is 1. The summed E-state index contributed by atoms with van der Waals surface area (Å²) >= 11 is 5.90. The van der Waals surface area contributed by atoms with Crippen molar-refractivity contribution in [2.75, 3.05) is 20.8 Å². The fourth-order valence-corrected chi connectivity index (χ4v) is 4.73. The molecular formula is C8H14O6PS2-. The molecule has 1 unspecified atom stereocenters. The van der Waals surface area contributed by atoms with Crippen molar-refractivity contribution in [2.45, 2.75) is 18.6 Å². The lowest BCUT2D eigenvalue weighted by molar-refractivity contribution is -0.305. The first-order valence-corrected chi connectivity index (χ1v) is 8.77. The summed E-state index contributed by atoms with van der Waals surface area (Å²) in [7, 11) is 2.69. The normalized spacial score (nSPS) is 13.1. The molecule has 9 heteroatoms. The third-order valence-electron chi connectivity index (χ3n) is 1.61. The van der Waals surface area contributed by atoms with E-state index in [0.717, 1.165) is 11.4 Å². The lowest BCUT2D eigenvalue weighted by Crippen LogP contribution is -2.31. The van der Waals surface area contributed by atoms with Gasteiger partial charge in [-0.1, -0.05) is 11.4 Å². The fraction of sp³-hybridized carbons (Fsp3) is 0.750. The highest BCUT2D eigenvalue weighted by molar-refractivity contribution is 8.68. The maximum absolute atomic E-state index is 11.5. The van der Waals surface area contributed by atoms with Crippen molar-refractivity contribution in [3.8, 4) is 0 Å². The van der Waals surface area contributed by atoms with Crippen LogP contribution in [0.3, 0.4) is 0 Å². The Bertz CT molecular complexity index is 313. The Labute approximate surface area is 109 Å². The van der Waals surface area contributed by atoms with Crippen LogP contribution in [0, 0.1) is 0 Å². The number of carboxylic acid groups (broad SMARTS) is 1. The Morgan fingerprint density at radius 3 is 2.29 bits per heavy atom. The molecule has 0 saturated heterocycles. The zero-order chi connectivity index (χ0) is 13.5. The summed E-state index contributed by atoms with van der Waals surface area (Å²) in [5, 5.41) is 9.56. The molecule has 1 atom stereocenters. The average molecular weight is 301 g/mol. The second kappa shape index (κ2) is 8.05. The zero-order valence-electron chi connectivity index (χ0n) is 9.70. The summed E-state index contributed by atoms with van der Waals surface area (Å²) in [6.45, 7) is 1.78. The zero-order valence-corrected chi connectivity index (χ0v) is 12.2. The van der Waals surface area contributed by atoms with E-state index in [1.807, 2.05) is 0 Å². The van der Waals surface area contributed by atoms with Crippen molar-refractivity contribution in [1.82, 2.24) is 0 Å². The molecule has 17 heavy (non-hydrogen) atoms. The third kappa shape index (κ3) is 6.38. The van der Waals surface area contributed by atoms with Crippen molar-refractivity contribution in [3.63, 3.8) is 0 Å². The van der Waals surface area contributed by atoms with Crippen LogP contribution >= 0.6 is 17.1 Å². The van der Waals surface area contributed by atoms with Crippen molar-refractivity contribution in [3.05, 3.63) is 0 Å². The second-order valence-corrected chi connectivity index (χ2v) is 9.35. The first-order valence-electron chi connectivity index (χ1n) is 4.65. The van der Waals surface area contributed by atoms with Crippen LogP contribution < -0.4 is 5.11 Å². The first kappa shape index (κ1) is 16.9. The second-order valence-electron chi connectivity index (χ2n) is 2.73. The highest BCUT2D eigenvalue weighted by atomic mass is 32.9. The van der Waals surface area contributed by atoms with Crippen molar-refractivity contribution in [1.29, 1.82) is 0 Å². The maximum atomic E-state index is 11.5. The van der Waals surface area contributed by atoms with Gasteiger partial charge in [0.25, 0.3) is 0 Å². The van der Waals surface area contributed by atoms with Gasteiger partial charge < -0.3 is 23.7 Å². The molecule has 0 N–H and O–H groups in total. The fourth-order valence-electron chi connectivity index (χ4n) is 0.867. The van der Waals surface area contributed by atoms with Gasteiger partial charge in [-0.25, -0.2) is 0 Å². The van der Waals surface area contributed by atoms with E-state index in [1.54, 1.807) is 6.92 Å². The van der Waals surface area contributed by atoms with Gasteiger partial charge in [-0.2, -0.15) is 0 Å². The molecule has 0 aromatic rings. The minimum atomic E-state index is -2.71. The van der Waals surface area contributed by atoms with Gasteiger partial charge in [0.05, 0.1) is 6.61 Å². The van der Waals surface area contributed by atoms with Crippen LogP contribution in [0.5, 0.6) is 0 Å². The van der Waals surface area contributed by atoms with Crippen LogP contribution in [0.25, 0.3) is 0 Å². The standard InChI is InChI=1S/C8H15O6PS2/c1-4-14-8(11)6(5-7(9)10)17-15(16,12-2)13-3/h6H,4-5H2,1-3H3,(H,9,10)/p-1. The van der Waals surface area contributed by atoms with Gasteiger partial charge in [-0.05, 0) is 18.7 Å². The van der Waals surface area contributed by atoms with Crippen LogP contribution in [-0.2, 0) is 35.2 Å². The lowest BCUT2D eigenvalue weighted by atomic mass is 10.3. The summed E-state index contributed by atoms with van der Waals surface area (Å²) in [6.07, 6.45) is -0.491. The number of rotatable bonds is 8. The smallest absolute Gasteiger partial charge is 0.319 e. The number of carboxylic acids is 1. The Balaban J connectivity index is 4.75. The van der Waals surface area contributed by atoms with Crippen LogP contribution in [0.1, 0.15) is 13.3 Å². The molecule has 0 rings (SSSR count). The van der Waals surface area contributed by atoms with E-state index in [2.05, 4.69) is 0 Å². The van der Waals surface area contributed by atoms with Gasteiger partial charge in [0, 0.05) is 26.6 Å². The quantitative estimate of drug-likeness (QED) is 0.468. The highest BCUT2D eigenvalue weighted by Crippen LogP contribution is 2.62. The summed E-state index contributed by atoms with van der Waals surface area (Å²) < 4.78 is 14.7. The van der Waals surface area contributed by atoms with E-state index in [0.29, 0.717) is 0 Å². The van der Waals surface area contributed by atoms with E-state index < -0.39 is 29.3 Å². The average Bonchev–Trinajstić information content (AvgIpc) is 2.27. The van der Waals surface area contributed by atoms with Crippen molar-refractivity contribution in [2.24, 2.45) is 0 Å². The summed E-state index contributed by atoms with van der Waals surface area (Å²) in [6, 6.07) is 0. The molecule has 0 heterocycles. The minimum absolute atomic E-state index is 0.159. The van der Waals surface area contributed by atoms with E-state index in [-0.39, 0.29) is 6.61 Å². The maximum Gasteiger partial charge on any atom is 0.319 e. The number of carbonyl (C=O) groups is 2. The summed E-state index contributed by atoms with van der Waals surface area (Å²) in [5.74, 6) is -2.02. The van der Waals surface area contributed by atoms with Crippen LogP contribution in [-0.4, -0.2) is 38.0 Å². The molecule has 0 aliphatic heterocycles. The molecule has 0 spiro atoms. The molecule has 0 saturated carbocycles. The number of esters is 1. The number of aliphatic carboxylic acids is 1. The number of carbonyl (C=O) groups excluding carboxylic acids is 2. The Kier molecular flexibility index (Phi) is 7.98. The van der Waals surface area contributed by atoms with Gasteiger partial charge in [-0.15, -0.1) is 0 Å². The van der Waals surface area contributed by atoms with E-state index >= 15 is 0 Å². The van der Waals surface area contributed by atoms with Crippen LogP contribution in [0.2, 0.25) is 0 Å². The molecule has 0 amide bonds. The number of hydrogen-bond donors (Lipinski definition) is 0. The van der Waals surface area contributed by atoms with Crippen molar-refractivity contribution >= 4 is 40.8 Å². The molecule has 0 aliphatic carbocycles.